The zero-order valence-electron chi connectivity index (χ0n) is 12.8. The Morgan fingerprint density at radius 3 is 2.18 bits per heavy atom. The number of aliphatic hydroxyl groups is 1. The third-order valence-corrected chi connectivity index (χ3v) is 5.23. The van der Waals surface area contributed by atoms with Crippen molar-refractivity contribution in [3.63, 3.8) is 0 Å². The molecule has 7 heteroatoms. The maximum absolute atomic E-state index is 9.92. The molecule has 1 fully saturated rings. The zero-order valence-corrected chi connectivity index (χ0v) is 16.8. The van der Waals surface area contributed by atoms with Crippen LogP contribution in [0.15, 0.2) is 21.1 Å². The lowest BCUT2D eigenvalue weighted by molar-refractivity contribution is 0.0304. The van der Waals surface area contributed by atoms with Crippen molar-refractivity contribution < 1.29 is 10.2 Å². The molecule has 126 valence electrons. The number of phenols is 1. The Labute approximate surface area is 154 Å². The Hall–Kier alpha value is 0.150. The SMILES string of the molecule is CC(C)(CO)[C@@H](c1cc(Br)c(O)c(Br)c1)N1CCNCC1.Cl. The normalized spacial score (nSPS) is 17.9. The predicted molar refractivity (Wildman–Crippen MR) is 98.8 cm³/mol. The first-order valence-corrected chi connectivity index (χ1v) is 8.69. The minimum absolute atomic E-state index is 0. The zero-order chi connectivity index (χ0) is 15.6. The third kappa shape index (κ3) is 4.36. The molecule has 1 saturated heterocycles. The van der Waals surface area contributed by atoms with Gasteiger partial charge in [0.05, 0.1) is 8.95 Å². The predicted octanol–water partition coefficient (Wildman–Crippen LogP) is 3.30. The van der Waals surface area contributed by atoms with Gasteiger partial charge in [-0.25, -0.2) is 0 Å². The number of benzene rings is 1. The summed E-state index contributed by atoms with van der Waals surface area (Å²) in [5.74, 6) is 0.208. The van der Waals surface area contributed by atoms with Crippen molar-refractivity contribution in [1.29, 1.82) is 0 Å². The molecule has 4 nitrogen and oxygen atoms in total. The number of halogens is 3. The number of hydrogen-bond donors (Lipinski definition) is 3. The first-order chi connectivity index (χ1) is 9.86. The van der Waals surface area contributed by atoms with Crippen LogP contribution >= 0.6 is 44.3 Å². The van der Waals surface area contributed by atoms with Crippen molar-refractivity contribution in [3.05, 3.63) is 26.6 Å². The van der Waals surface area contributed by atoms with E-state index in [0.717, 1.165) is 31.7 Å². The van der Waals surface area contributed by atoms with Gasteiger partial charge in [0.25, 0.3) is 0 Å². The minimum atomic E-state index is -0.271. The molecule has 0 bridgehead atoms. The quantitative estimate of drug-likeness (QED) is 0.648. The van der Waals surface area contributed by atoms with Crippen LogP contribution in [0.25, 0.3) is 0 Å². The van der Waals surface area contributed by atoms with Gasteiger partial charge in [-0.3, -0.25) is 4.90 Å². The highest BCUT2D eigenvalue weighted by molar-refractivity contribution is 9.11. The molecule has 0 amide bonds. The van der Waals surface area contributed by atoms with E-state index in [9.17, 15) is 10.2 Å². The van der Waals surface area contributed by atoms with Gasteiger partial charge in [0.1, 0.15) is 5.75 Å². The number of piperazine rings is 1. The molecule has 1 aromatic carbocycles. The fourth-order valence-electron chi connectivity index (χ4n) is 2.93. The van der Waals surface area contributed by atoms with E-state index in [0.29, 0.717) is 8.95 Å². The van der Waals surface area contributed by atoms with Gasteiger partial charge in [0.15, 0.2) is 0 Å². The van der Waals surface area contributed by atoms with Crippen LogP contribution < -0.4 is 5.32 Å². The van der Waals surface area contributed by atoms with Gasteiger partial charge < -0.3 is 15.5 Å². The van der Waals surface area contributed by atoms with Crippen molar-refractivity contribution in [2.24, 2.45) is 5.41 Å². The Balaban J connectivity index is 0.00000242. The molecule has 3 N–H and O–H groups in total. The lowest BCUT2D eigenvalue weighted by Gasteiger charge is -2.43. The highest BCUT2D eigenvalue weighted by Gasteiger charge is 2.36. The summed E-state index contributed by atoms with van der Waals surface area (Å²) in [6.07, 6.45) is 0. The summed E-state index contributed by atoms with van der Waals surface area (Å²) in [7, 11) is 0. The summed E-state index contributed by atoms with van der Waals surface area (Å²) in [5, 5.41) is 23.1. The molecule has 0 radical (unpaired) electrons. The summed E-state index contributed by atoms with van der Waals surface area (Å²) < 4.78 is 1.33. The number of nitrogens with one attached hydrogen (secondary N) is 1. The molecule has 0 spiro atoms. The molecule has 1 atom stereocenters. The van der Waals surface area contributed by atoms with Crippen molar-refractivity contribution in [3.8, 4) is 5.75 Å². The van der Waals surface area contributed by atoms with Crippen LogP contribution in [0.1, 0.15) is 25.5 Å². The van der Waals surface area contributed by atoms with Gasteiger partial charge >= 0.3 is 0 Å². The standard InChI is InChI=1S/C15H22Br2N2O2.ClH/c1-15(2,9-20)14(19-5-3-18-4-6-19)10-7-11(16)13(21)12(17)8-10;/h7-8,14,18,20-21H,3-6,9H2,1-2H3;1H/t14-;/m1./s1. The molecule has 1 aliphatic heterocycles. The Morgan fingerprint density at radius 2 is 1.73 bits per heavy atom. The van der Waals surface area contributed by atoms with Crippen LogP contribution in [-0.2, 0) is 0 Å². The van der Waals surface area contributed by atoms with Crippen LogP contribution in [0.3, 0.4) is 0 Å². The van der Waals surface area contributed by atoms with E-state index in [1.165, 1.54) is 0 Å². The van der Waals surface area contributed by atoms with Gasteiger partial charge in [0, 0.05) is 44.2 Å². The molecular formula is C15H23Br2ClN2O2. The number of aromatic hydroxyl groups is 1. The lowest BCUT2D eigenvalue weighted by atomic mass is 9.79. The van der Waals surface area contributed by atoms with E-state index in [1.807, 2.05) is 12.1 Å². The van der Waals surface area contributed by atoms with Gasteiger partial charge in [-0.1, -0.05) is 13.8 Å². The van der Waals surface area contributed by atoms with E-state index in [1.54, 1.807) is 0 Å². The Bertz CT molecular complexity index is 485. The smallest absolute Gasteiger partial charge is 0.143 e. The van der Waals surface area contributed by atoms with Gasteiger partial charge in [-0.15, -0.1) is 12.4 Å². The Kier molecular flexibility index (Phi) is 7.63. The maximum atomic E-state index is 9.92. The topological polar surface area (TPSA) is 55.7 Å². The van der Waals surface area contributed by atoms with Crippen LogP contribution in [0.4, 0.5) is 0 Å². The van der Waals surface area contributed by atoms with E-state index in [2.05, 4.69) is 55.9 Å². The third-order valence-electron chi connectivity index (χ3n) is 4.02. The highest BCUT2D eigenvalue weighted by atomic mass is 79.9. The van der Waals surface area contributed by atoms with Crippen molar-refractivity contribution in [2.75, 3.05) is 32.8 Å². The van der Waals surface area contributed by atoms with E-state index in [-0.39, 0.29) is 36.2 Å². The number of nitrogens with zero attached hydrogens (tertiary/aromatic N) is 1. The van der Waals surface area contributed by atoms with Crippen LogP contribution in [0.2, 0.25) is 0 Å². The first-order valence-electron chi connectivity index (χ1n) is 7.10. The van der Waals surface area contributed by atoms with Crippen LogP contribution in [-0.4, -0.2) is 47.9 Å². The van der Waals surface area contributed by atoms with Crippen molar-refractivity contribution in [2.45, 2.75) is 19.9 Å². The molecular weight excluding hydrogens is 435 g/mol. The minimum Gasteiger partial charge on any atom is -0.506 e. The maximum Gasteiger partial charge on any atom is 0.143 e. The molecule has 0 aromatic heterocycles. The highest BCUT2D eigenvalue weighted by Crippen LogP contribution is 2.42. The lowest BCUT2D eigenvalue weighted by Crippen LogP contribution is -2.49. The first kappa shape index (κ1) is 20.2. The van der Waals surface area contributed by atoms with Gasteiger partial charge in [0.2, 0.25) is 0 Å². The second-order valence-corrected chi connectivity index (χ2v) is 7.88. The van der Waals surface area contributed by atoms with Crippen LogP contribution in [0.5, 0.6) is 5.75 Å². The van der Waals surface area contributed by atoms with Crippen molar-refractivity contribution in [1.82, 2.24) is 10.2 Å². The number of aliphatic hydroxyl groups excluding tert-OH is 1. The number of phenolic OH excluding ortho intramolecular Hbond substituents is 1. The Morgan fingerprint density at radius 1 is 1.23 bits per heavy atom. The number of hydrogen-bond acceptors (Lipinski definition) is 4. The molecule has 2 rings (SSSR count). The molecule has 0 saturated carbocycles. The summed E-state index contributed by atoms with van der Waals surface area (Å²) in [6.45, 7) is 8.08. The summed E-state index contributed by atoms with van der Waals surface area (Å²) in [5.41, 5.74) is 0.820. The van der Waals surface area contributed by atoms with Gasteiger partial charge in [-0.05, 0) is 49.6 Å². The fourth-order valence-corrected chi connectivity index (χ4v) is 4.15. The largest absolute Gasteiger partial charge is 0.506 e. The second-order valence-electron chi connectivity index (χ2n) is 6.17. The van der Waals surface area contributed by atoms with E-state index < -0.39 is 0 Å². The molecule has 1 heterocycles. The van der Waals surface area contributed by atoms with Gasteiger partial charge in [-0.2, -0.15) is 0 Å². The second kappa shape index (κ2) is 8.31. The average Bonchev–Trinajstić information content (AvgIpc) is 2.46. The summed E-state index contributed by atoms with van der Waals surface area (Å²) in [4.78, 5) is 2.40. The summed E-state index contributed by atoms with van der Waals surface area (Å²) in [6, 6.07) is 3.99. The molecule has 1 aromatic rings. The van der Waals surface area contributed by atoms with Crippen LogP contribution in [0, 0.1) is 5.41 Å². The fraction of sp³-hybridized carbons (Fsp3) is 0.600. The molecule has 1 aliphatic rings. The van der Waals surface area contributed by atoms with E-state index >= 15 is 0 Å². The average molecular weight is 459 g/mol. The monoisotopic (exact) mass is 456 g/mol. The van der Waals surface area contributed by atoms with E-state index in [4.69, 9.17) is 0 Å². The summed E-state index contributed by atoms with van der Waals surface area (Å²) >= 11 is 6.81. The number of rotatable bonds is 4. The molecule has 22 heavy (non-hydrogen) atoms. The molecule has 0 aliphatic carbocycles. The molecule has 0 unspecified atom stereocenters. The van der Waals surface area contributed by atoms with Crippen molar-refractivity contribution >= 4 is 44.3 Å².